The van der Waals surface area contributed by atoms with E-state index in [2.05, 4.69) is 4.90 Å². The van der Waals surface area contributed by atoms with Crippen molar-refractivity contribution in [3.05, 3.63) is 30.1 Å². The largest absolute Gasteiger partial charge is 0.390 e. The Morgan fingerprint density at radius 2 is 1.73 bits per heavy atom. The number of aliphatic hydroxyl groups is 1. The van der Waals surface area contributed by atoms with Gasteiger partial charge in [0.2, 0.25) is 0 Å². The van der Waals surface area contributed by atoms with Crippen molar-refractivity contribution in [3.8, 4) is 0 Å². The van der Waals surface area contributed by atoms with E-state index in [1.54, 1.807) is 12.1 Å². The molecule has 1 heterocycles. The second-order valence-electron chi connectivity index (χ2n) is 4.46. The summed E-state index contributed by atoms with van der Waals surface area (Å²) in [4.78, 5) is 2.18. The zero-order chi connectivity index (χ0) is 10.9. The van der Waals surface area contributed by atoms with Crippen molar-refractivity contribution in [2.45, 2.75) is 25.4 Å². The normalized spacial score (nSPS) is 20.3. The van der Waals surface area contributed by atoms with Gasteiger partial charge in [0, 0.05) is 18.8 Å². The molecule has 1 N–H and O–H groups in total. The Labute approximate surface area is 89.3 Å². The highest BCUT2D eigenvalue weighted by molar-refractivity contribution is 5.46. The van der Waals surface area contributed by atoms with Crippen LogP contribution < -0.4 is 4.90 Å². The number of rotatable bonds is 1. The summed E-state index contributed by atoms with van der Waals surface area (Å²) in [6, 6.07) is 6.52. The SMILES string of the molecule is CC1(O)CCN(c2ccc(F)cc2)CC1. The van der Waals surface area contributed by atoms with Crippen LogP contribution in [-0.4, -0.2) is 23.8 Å². The molecule has 1 aliphatic rings. The van der Waals surface area contributed by atoms with Crippen molar-refractivity contribution < 1.29 is 9.50 Å². The van der Waals surface area contributed by atoms with Gasteiger partial charge in [0.15, 0.2) is 0 Å². The fraction of sp³-hybridized carbons (Fsp3) is 0.500. The van der Waals surface area contributed by atoms with Crippen LogP contribution in [0.15, 0.2) is 24.3 Å². The van der Waals surface area contributed by atoms with E-state index in [-0.39, 0.29) is 5.82 Å². The molecule has 82 valence electrons. The average molecular weight is 209 g/mol. The minimum atomic E-state index is -0.531. The Morgan fingerprint density at radius 3 is 2.27 bits per heavy atom. The molecule has 15 heavy (non-hydrogen) atoms. The fourth-order valence-corrected chi connectivity index (χ4v) is 1.90. The molecule has 3 heteroatoms. The molecule has 1 aliphatic heterocycles. The van der Waals surface area contributed by atoms with Gasteiger partial charge in [-0.2, -0.15) is 0 Å². The van der Waals surface area contributed by atoms with Gasteiger partial charge in [-0.3, -0.25) is 0 Å². The first kappa shape index (κ1) is 10.4. The molecule has 0 aliphatic carbocycles. The van der Waals surface area contributed by atoms with Crippen LogP contribution in [0.5, 0.6) is 0 Å². The molecule has 1 saturated heterocycles. The van der Waals surface area contributed by atoms with Crippen LogP contribution in [0.3, 0.4) is 0 Å². The molecule has 0 unspecified atom stereocenters. The van der Waals surface area contributed by atoms with Crippen LogP contribution in [0.4, 0.5) is 10.1 Å². The van der Waals surface area contributed by atoms with Gasteiger partial charge >= 0.3 is 0 Å². The van der Waals surface area contributed by atoms with E-state index in [9.17, 15) is 9.50 Å². The summed E-state index contributed by atoms with van der Waals surface area (Å²) in [5.74, 6) is -0.206. The highest BCUT2D eigenvalue weighted by Crippen LogP contribution is 2.25. The lowest BCUT2D eigenvalue weighted by atomic mass is 9.93. The van der Waals surface area contributed by atoms with E-state index < -0.39 is 5.60 Å². The Balaban J connectivity index is 2.04. The summed E-state index contributed by atoms with van der Waals surface area (Å²) < 4.78 is 12.7. The number of halogens is 1. The van der Waals surface area contributed by atoms with Crippen molar-refractivity contribution in [2.75, 3.05) is 18.0 Å². The topological polar surface area (TPSA) is 23.5 Å². The van der Waals surface area contributed by atoms with Crippen LogP contribution in [0.1, 0.15) is 19.8 Å². The Hall–Kier alpha value is -1.09. The fourth-order valence-electron chi connectivity index (χ4n) is 1.90. The van der Waals surface area contributed by atoms with Crippen molar-refractivity contribution in [3.63, 3.8) is 0 Å². The van der Waals surface area contributed by atoms with Gasteiger partial charge in [-0.05, 0) is 44.0 Å². The zero-order valence-electron chi connectivity index (χ0n) is 8.91. The summed E-state index contributed by atoms with van der Waals surface area (Å²) in [5.41, 5.74) is 0.503. The van der Waals surface area contributed by atoms with E-state index in [1.165, 1.54) is 12.1 Å². The van der Waals surface area contributed by atoms with E-state index in [4.69, 9.17) is 0 Å². The summed E-state index contributed by atoms with van der Waals surface area (Å²) in [5, 5.41) is 9.80. The molecule has 1 fully saturated rings. The van der Waals surface area contributed by atoms with Gasteiger partial charge in [0.1, 0.15) is 5.82 Å². The third-order valence-corrected chi connectivity index (χ3v) is 3.03. The van der Waals surface area contributed by atoms with Gasteiger partial charge in [-0.1, -0.05) is 0 Å². The Morgan fingerprint density at radius 1 is 1.20 bits per heavy atom. The van der Waals surface area contributed by atoms with Crippen molar-refractivity contribution in [1.29, 1.82) is 0 Å². The maximum absolute atomic E-state index is 12.7. The lowest BCUT2D eigenvalue weighted by Gasteiger charge is -2.37. The first-order valence-corrected chi connectivity index (χ1v) is 5.30. The second-order valence-corrected chi connectivity index (χ2v) is 4.46. The molecule has 0 spiro atoms. The van der Waals surface area contributed by atoms with E-state index >= 15 is 0 Å². The summed E-state index contributed by atoms with van der Waals surface area (Å²) >= 11 is 0. The number of benzene rings is 1. The third-order valence-electron chi connectivity index (χ3n) is 3.03. The van der Waals surface area contributed by atoms with Gasteiger partial charge in [-0.25, -0.2) is 4.39 Å². The van der Waals surface area contributed by atoms with Crippen LogP contribution in [0, 0.1) is 5.82 Å². The molecule has 0 aromatic heterocycles. The molecule has 0 radical (unpaired) electrons. The summed E-state index contributed by atoms with van der Waals surface area (Å²) in [6.45, 7) is 3.53. The van der Waals surface area contributed by atoms with Crippen molar-refractivity contribution in [2.24, 2.45) is 0 Å². The molecular formula is C12H16FNO. The molecule has 0 atom stereocenters. The zero-order valence-corrected chi connectivity index (χ0v) is 8.91. The van der Waals surface area contributed by atoms with Crippen LogP contribution in [-0.2, 0) is 0 Å². The number of anilines is 1. The molecule has 2 rings (SSSR count). The van der Waals surface area contributed by atoms with Gasteiger partial charge in [0.05, 0.1) is 5.60 Å². The number of piperidine rings is 1. The molecule has 1 aromatic rings. The van der Waals surface area contributed by atoms with Crippen molar-refractivity contribution >= 4 is 5.69 Å². The van der Waals surface area contributed by atoms with Crippen LogP contribution in [0.25, 0.3) is 0 Å². The minimum absolute atomic E-state index is 0.206. The first-order chi connectivity index (χ1) is 7.07. The maximum atomic E-state index is 12.7. The predicted molar refractivity (Wildman–Crippen MR) is 58.5 cm³/mol. The second kappa shape index (κ2) is 3.81. The van der Waals surface area contributed by atoms with E-state index in [0.717, 1.165) is 31.6 Å². The molecular weight excluding hydrogens is 193 g/mol. The quantitative estimate of drug-likeness (QED) is 0.766. The first-order valence-electron chi connectivity index (χ1n) is 5.30. The standard InChI is InChI=1S/C12H16FNO/c1-12(15)6-8-14(9-7-12)11-4-2-10(13)3-5-11/h2-5,15H,6-9H2,1H3. The molecule has 0 saturated carbocycles. The monoisotopic (exact) mass is 209 g/mol. The van der Waals surface area contributed by atoms with Crippen molar-refractivity contribution in [1.82, 2.24) is 0 Å². The van der Waals surface area contributed by atoms with E-state index in [1.807, 2.05) is 6.92 Å². The summed E-state index contributed by atoms with van der Waals surface area (Å²) in [6.07, 6.45) is 1.54. The lowest BCUT2D eigenvalue weighted by Crippen LogP contribution is -2.42. The summed E-state index contributed by atoms with van der Waals surface area (Å²) in [7, 11) is 0. The van der Waals surface area contributed by atoms with Gasteiger partial charge in [-0.15, -0.1) is 0 Å². The van der Waals surface area contributed by atoms with Crippen LogP contribution in [0.2, 0.25) is 0 Å². The van der Waals surface area contributed by atoms with Gasteiger partial charge < -0.3 is 10.0 Å². The Bertz CT molecular complexity index is 324. The number of hydrogen-bond acceptors (Lipinski definition) is 2. The van der Waals surface area contributed by atoms with Gasteiger partial charge in [0.25, 0.3) is 0 Å². The lowest BCUT2D eigenvalue weighted by molar-refractivity contribution is 0.0351. The molecule has 1 aromatic carbocycles. The molecule has 0 bridgehead atoms. The molecule has 2 nitrogen and oxygen atoms in total. The highest BCUT2D eigenvalue weighted by Gasteiger charge is 2.27. The predicted octanol–water partition coefficient (Wildman–Crippen LogP) is 2.18. The Kier molecular flexibility index (Phi) is 2.65. The average Bonchev–Trinajstić information content (AvgIpc) is 2.20. The minimum Gasteiger partial charge on any atom is -0.390 e. The highest BCUT2D eigenvalue weighted by atomic mass is 19.1. The number of nitrogens with zero attached hydrogens (tertiary/aromatic N) is 1. The number of hydrogen-bond donors (Lipinski definition) is 1. The van der Waals surface area contributed by atoms with Crippen LogP contribution >= 0.6 is 0 Å². The molecule has 0 amide bonds. The smallest absolute Gasteiger partial charge is 0.123 e. The maximum Gasteiger partial charge on any atom is 0.123 e. The van der Waals surface area contributed by atoms with E-state index in [0.29, 0.717) is 0 Å². The third kappa shape index (κ3) is 2.48.